The van der Waals surface area contributed by atoms with Crippen LogP contribution in [-0.2, 0) is 9.53 Å². The second kappa shape index (κ2) is 11.9. The van der Waals surface area contributed by atoms with Gasteiger partial charge in [0, 0.05) is 12.2 Å². The number of hydrogen-bond acceptors (Lipinski definition) is 7. The van der Waals surface area contributed by atoms with Gasteiger partial charge in [-0.05, 0) is 87.8 Å². The van der Waals surface area contributed by atoms with E-state index >= 15 is 0 Å². The molecule has 4 fully saturated rings. The van der Waals surface area contributed by atoms with Crippen molar-refractivity contribution in [3.63, 3.8) is 0 Å². The Morgan fingerprint density at radius 3 is 2.48 bits per heavy atom. The zero-order valence-electron chi connectivity index (χ0n) is 24.8. The molecule has 4 bridgehead atoms. The molecule has 4 aliphatic rings. The van der Waals surface area contributed by atoms with E-state index in [-0.39, 0.29) is 29.7 Å². The van der Waals surface area contributed by atoms with Crippen molar-refractivity contribution in [1.82, 2.24) is 20.4 Å². The van der Waals surface area contributed by atoms with E-state index in [1.807, 2.05) is 13.8 Å². The van der Waals surface area contributed by atoms with Crippen molar-refractivity contribution in [1.29, 1.82) is 0 Å². The fourth-order valence-corrected chi connectivity index (χ4v) is 6.93. The number of amides is 2. The molecular weight excluding hydrogens is 536 g/mol. The van der Waals surface area contributed by atoms with Gasteiger partial charge in [-0.15, -0.1) is 0 Å². The smallest absolute Gasteiger partial charge is 0.338 e. The monoisotopic (exact) mass is 578 g/mol. The normalized spacial score (nSPS) is 26.4. The van der Waals surface area contributed by atoms with Gasteiger partial charge in [0.2, 0.25) is 5.88 Å². The summed E-state index contributed by atoms with van der Waals surface area (Å²) >= 11 is 0. The minimum atomic E-state index is -0.819. The zero-order chi connectivity index (χ0) is 30.1. The van der Waals surface area contributed by atoms with E-state index in [1.165, 1.54) is 10.9 Å². The van der Waals surface area contributed by atoms with Gasteiger partial charge in [0.05, 0.1) is 29.5 Å². The average molecular weight is 579 g/mol. The molecule has 2 amide bonds. The highest BCUT2D eigenvalue weighted by molar-refractivity contribution is 5.96. The van der Waals surface area contributed by atoms with E-state index in [2.05, 4.69) is 15.7 Å². The van der Waals surface area contributed by atoms with Gasteiger partial charge in [-0.3, -0.25) is 9.59 Å². The summed E-state index contributed by atoms with van der Waals surface area (Å²) in [5.41, 5.74) is -0.661. The molecule has 1 aromatic carbocycles. The zero-order valence-corrected chi connectivity index (χ0v) is 24.8. The van der Waals surface area contributed by atoms with Crippen molar-refractivity contribution in [2.24, 2.45) is 23.7 Å². The lowest BCUT2D eigenvalue weighted by Crippen LogP contribution is -2.61. The molecule has 4 aliphatic carbocycles. The van der Waals surface area contributed by atoms with Crippen LogP contribution in [0.3, 0.4) is 0 Å². The molecule has 10 heteroatoms. The maximum absolute atomic E-state index is 13.5. The first-order valence-corrected chi connectivity index (χ1v) is 14.9. The Morgan fingerprint density at radius 2 is 1.83 bits per heavy atom. The molecule has 2 aromatic rings. The Morgan fingerprint density at radius 1 is 1.14 bits per heavy atom. The van der Waals surface area contributed by atoms with E-state index < -0.39 is 29.6 Å². The quantitative estimate of drug-likeness (QED) is 0.346. The van der Waals surface area contributed by atoms with E-state index in [0.717, 1.165) is 32.1 Å². The first kappa shape index (κ1) is 29.8. The molecule has 4 saturated carbocycles. The summed E-state index contributed by atoms with van der Waals surface area (Å²) in [4.78, 5) is 38.2. The SMILES string of the molecule is CC(C)COc1c(C(=O)N[C@H]2C3CC4CC2C[C@](O)(C4)C3)cnn1/C=C/C(C)(C)NC(=O)COC(=O)c1ccccc1. The van der Waals surface area contributed by atoms with Crippen molar-refractivity contribution in [3.05, 3.63) is 53.7 Å². The molecule has 10 nitrogen and oxygen atoms in total. The van der Waals surface area contributed by atoms with E-state index in [4.69, 9.17) is 9.47 Å². The van der Waals surface area contributed by atoms with Crippen LogP contribution in [0.2, 0.25) is 0 Å². The lowest BCUT2D eigenvalue weighted by atomic mass is 9.52. The summed E-state index contributed by atoms with van der Waals surface area (Å²) < 4.78 is 12.7. The number of nitrogens with one attached hydrogen (secondary N) is 2. The number of carbonyl (C=O) groups excluding carboxylic acids is 3. The minimum absolute atomic E-state index is 0.0382. The molecular formula is C32H42N4O6. The van der Waals surface area contributed by atoms with Gasteiger partial charge < -0.3 is 25.2 Å². The van der Waals surface area contributed by atoms with Gasteiger partial charge in [-0.1, -0.05) is 32.0 Å². The summed E-state index contributed by atoms with van der Waals surface area (Å²) in [5.74, 6) is 0.438. The van der Waals surface area contributed by atoms with E-state index in [9.17, 15) is 19.5 Å². The third kappa shape index (κ3) is 6.86. The maximum atomic E-state index is 13.5. The molecule has 42 heavy (non-hydrogen) atoms. The van der Waals surface area contributed by atoms with Crippen molar-refractivity contribution in [3.8, 4) is 5.88 Å². The molecule has 1 aromatic heterocycles. The molecule has 226 valence electrons. The third-order valence-electron chi connectivity index (χ3n) is 8.52. The fourth-order valence-electron chi connectivity index (χ4n) is 6.93. The summed E-state index contributed by atoms with van der Waals surface area (Å²) in [6.07, 6.45) is 9.38. The van der Waals surface area contributed by atoms with Crippen LogP contribution in [0.5, 0.6) is 5.88 Å². The lowest BCUT2D eigenvalue weighted by Gasteiger charge is -2.58. The molecule has 0 saturated heterocycles. The number of esters is 1. The Hall–Kier alpha value is -3.66. The molecule has 2 unspecified atom stereocenters. The maximum Gasteiger partial charge on any atom is 0.338 e. The van der Waals surface area contributed by atoms with Crippen molar-refractivity contribution in [2.75, 3.05) is 13.2 Å². The average Bonchev–Trinajstić information content (AvgIpc) is 3.33. The Kier molecular flexibility index (Phi) is 8.46. The van der Waals surface area contributed by atoms with Crippen LogP contribution in [0, 0.1) is 23.7 Å². The van der Waals surface area contributed by atoms with Crippen LogP contribution in [0.25, 0.3) is 6.20 Å². The number of hydrogen-bond donors (Lipinski definition) is 3. The molecule has 6 rings (SSSR count). The van der Waals surface area contributed by atoms with E-state index in [0.29, 0.717) is 29.5 Å². The van der Waals surface area contributed by atoms with Crippen LogP contribution in [0.15, 0.2) is 42.6 Å². The summed E-state index contributed by atoms with van der Waals surface area (Å²) in [6.45, 7) is 7.63. The molecule has 1 heterocycles. The number of aromatic nitrogens is 2. The highest BCUT2D eigenvalue weighted by Crippen LogP contribution is 2.55. The second-order valence-corrected chi connectivity index (χ2v) is 13.2. The Balaban J connectivity index is 1.23. The Bertz CT molecular complexity index is 1320. The van der Waals surface area contributed by atoms with Crippen LogP contribution < -0.4 is 15.4 Å². The van der Waals surface area contributed by atoms with Crippen LogP contribution >= 0.6 is 0 Å². The van der Waals surface area contributed by atoms with Crippen molar-refractivity contribution in [2.45, 2.75) is 77.0 Å². The number of carbonyl (C=O) groups is 3. The van der Waals surface area contributed by atoms with Gasteiger partial charge in [0.1, 0.15) is 5.56 Å². The minimum Gasteiger partial charge on any atom is -0.477 e. The number of aliphatic hydroxyl groups is 1. The van der Waals surface area contributed by atoms with Gasteiger partial charge in [-0.25, -0.2) is 9.48 Å². The van der Waals surface area contributed by atoms with Gasteiger partial charge in [0.25, 0.3) is 11.8 Å². The number of ether oxygens (including phenoxy) is 2. The van der Waals surface area contributed by atoms with Crippen molar-refractivity contribution >= 4 is 24.0 Å². The van der Waals surface area contributed by atoms with Crippen LogP contribution in [0.1, 0.15) is 80.5 Å². The summed E-state index contributed by atoms with van der Waals surface area (Å²) in [6, 6.07) is 8.53. The second-order valence-electron chi connectivity index (χ2n) is 13.2. The highest BCUT2D eigenvalue weighted by Gasteiger charge is 2.55. The molecule has 0 spiro atoms. The first-order valence-electron chi connectivity index (χ1n) is 14.9. The number of benzene rings is 1. The van der Waals surface area contributed by atoms with Gasteiger partial charge in [-0.2, -0.15) is 5.10 Å². The summed E-state index contributed by atoms with van der Waals surface area (Å²) in [7, 11) is 0. The fraction of sp³-hybridized carbons (Fsp3) is 0.562. The van der Waals surface area contributed by atoms with Gasteiger partial charge in [0.15, 0.2) is 6.61 Å². The lowest BCUT2D eigenvalue weighted by molar-refractivity contribution is -0.137. The highest BCUT2D eigenvalue weighted by atomic mass is 16.5. The predicted octanol–water partition coefficient (Wildman–Crippen LogP) is 3.81. The Labute approximate surface area is 246 Å². The largest absolute Gasteiger partial charge is 0.477 e. The van der Waals surface area contributed by atoms with Gasteiger partial charge >= 0.3 is 5.97 Å². The van der Waals surface area contributed by atoms with E-state index in [1.54, 1.807) is 56.5 Å². The first-order chi connectivity index (χ1) is 19.9. The predicted molar refractivity (Wildman–Crippen MR) is 157 cm³/mol. The molecule has 0 radical (unpaired) electrons. The molecule has 3 N–H and O–H groups in total. The number of nitrogens with zero attached hydrogens (tertiary/aromatic N) is 2. The van der Waals surface area contributed by atoms with Crippen LogP contribution in [-0.4, -0.2) is 63.1 Å². The topological polar surface area (TPSA) is 132 Å². The molecule has 0 aliphatic heterocycles. The van der Waals surface area contributed by atoms with Crippen LogP contribution in [0.4, 0.5) is 0 Å². The standard InChI is InChI=1S/C32H42N4O6/c1-20(2)18-41-29-25(28(38)34-27-23-12-21-13-24(27)16-32(40,14-21)15-23)17-33-36(29)11-10-31(3,4)35-26(37)19-42-30(39)22-8-6-5-7-9-22/h5-11,17,20-21,23-24,27,40H,12-16,18-19H2,1-4H3,(H,34,38)(H,35,37)/b11-10+/t21?,23?,24?,27-,32-. The number of rotatable bonds is 11. The third-order valence-corrected chi connectivity index (χ3v) is 8.52. The van der Waals surface area contributed by atoms with Crippen molar-refractivity contribution < 1.29 is 29.0 Å². The molecule has 2 atom stereocenters. The summed E-state index contributed by atoms with van der Waals surface area (Å²) in [5, 5.41) is 21.4.